The van der Waals surface area contributed by atoms with E-state index in [-0.39, 0.29) is 6.54 Å². The quantitative estimate of drug-likeness (QED) is 0.851. The molecule has 90 valence electrons. The Morgan fingerprint density at radius 2 is 2.29 bits per heavy atom. The summed E-state index contributed by atoms with van der Waals surface area (Å²) in [5, 5.41) is 4.37. The van der Waals surface area contributed by atoms with Crippen LogP contribution in [-0.2, 0) is 13.0 Å². The molecule has 2 aromatic rings. The minimum Gasteiger partial charge on any atom is -0.330 e. The molecule has 17 heavy (non-hydrogen) atoms. The van der Waals surface area contributed by atoms with Crippen molar-refractivity contribution in [2.24, 2.45) is 5.73 Å². The van der Waals surface area contributed by atoms with Crippen LogP contribution in [0.2, 0.25) is 0 Å². The van der Waals surface area contributed by atoms with E-state index in [2.05, 4.69) is 10.1 Å². The molecule has 0 saturated carbocycles. The van der Waals surface area contributed by atoms with E-state index in [1.165, 1.54) is 0 Å². The Balaban J connectivity index is 2.37. The van der Waals surface area contributed by atoms with Crippen molar-refractivity contribution < 1.29 is 4.39 Å². The molecule has 0 fully saturated rings. The Bertz CT molecular complexity index is 467. The molecule has 0 amide bonds. The van der Waals surface area contributed by atoms with Gasteiger partial charge in [0.15, 0.2) is 0 Å². The highest BCUT2D eigenvalue weighted by Gasteiger charge is 2.10. The molecule has 2 aromatic heterocycles. The van der Waals surface area contributed by atoms with E-state index in [4.69, 9.17) is 5.73 Å². The molecular formula is C12H15FN4. The van der Waals surface area contributed by atoms with E-state index in [1.807, 2.05) is 18.3 Å². The van der Waals surface area contributed by atoms with Gasteiger partial charge in [0.05, 0.1) is 12.2 Å². The fourth-order valence-electron chi connectivity index (χ4n) is 1.75. The highest BCUT2D eigenvalue weighted by Crippen LogP contribution is 2.21. The first-order valence-corrected chi connectivity index (χ1v) is 5.58. The van der Waals surface area contributed by atoms with Crippen LogP contribution in [0.5, 0.6) is 0 Å². The van der Waals surface area contributed by atoms with Gasteiger partial charge in [0.25, 0.3) is 0 Å². The van der Waals surface area contributed by atoms with Crippen molar-refractivity contribution in [3.05, 3.63) is 36.3 Å². The number of rotatable bonds is 5. The van der Waals surface area contributed by atoms with E-state index < -0.39 is 6.67 Å². The molecule has 0 saturated heterocycles. The van der Waals surface area contributed by atoms with Gasteiger partial charge in [0.1, 0.15) is 6.67 Å². The molecule has 0 aromatic carbocycles. The molecule has 0 spiro atoms. The summed E-state index contributed by atoms with van der Waals surface area (Å²) in [5.74, 6) is 0. The molecule has 0 bridgehead atoms. The number of pyridine rings is 1. The van der Waals surface area contributed by atoms with Gasteiger partial charge in [0.2, 0.25) is 0 Å². The van der Waals surface area contributed by atoms with E-state index in [1.54, 1.807) is 17.1 Å². The van der Waals surface area contributed by atoms with Crippen LogP contribution >= 0.6 is 0 Å². The van der Waals surface area contributed by atoms with Crippen molar-refractivity contribution in [3.63, 3.8) is 0 Å². The van der Waals surface area contributed by atoms with Crippen LogP contribution in [0.1, 0.15) is 5.56 Å². The number of aromatic nitrogens is 3. The van der Waals surface area contributed by atoms with Crippen molar-refractivity contribution in [2.75, 3.05) is 13.2 Å². The first-order chi connectivity index (χ1) is 8.35. The third-order valence-electron chi connectivity index (χ3n) is 2.50. The highest BCUT2D eigenvalue weighted by atomic mass is 19.1. The third kappa shape index (κ3) is 2.68. The molecule has 0 radical (unpaired) electrons. The van der Waals surface area contributed by atoms with Gasteiger partial charge in [-0.15, -0.1) is 0 Å². The molecule has 0 atom stereocenters. The average Bonchev–Trinajstić information content (AvgIpc) is 2.74. The van der Waals surface area contributed by atoms with Crippen LogP contribution in [0.4, 0.5) is 4.39 Å². The molecule has 2 N–H and O–H groups in total. The van der Waals surface area contributed by atoms with Gasteiger partial charge in [-0.2, -0.15) is 5.10 Å². The summed E-state index contributed by atoms with van der Waals surface area (Å²) in [6, 6.07) is 3.80. The van der Waals surface area contributed by atoms with Crippen LogP contribution in [0.3, 0.4) is 0 Å². The van der Waals surface area contributed by atoms with E-state index in [0.29, 0.717) is 6.54 Å². The maximum atomic E-state index is 12.3. The molecule has 0 unspecified atom stereocenters. The molecule has 0 aliphatic rings. The Labute approximate surface area is 99.3 Å². The summed E-state index contributed by atoms with van der Waals surface area (Å²) < 4.78 is 13.9. The molecular weight excluding hydrogens is 219 g/mol. The lowest BCUT2D eigenvalue weighted by Crippen LogP contribution is -2.03. The Morgan fingerprint density at radius 3 is 2.94 bits per heavy atom. The molecule has 0 aliphatic heterocycles. The maximum absolute atomic E-state index is 12.3. The SMILES string of the molecule is NCCc1cn(CCF)nc1-c1cccnc1. The van der Waals surface area contributed by atoms with Gasteiger partial charge in [-0.1, -0.05) is 0 Å². The Morgan fingerprint density at radius 1 is 1.41 bits per heavy atom. The normalized spacial score (nSPS) is 10.7. The average molecular weight is 234 g/mol. The second kappa shape index (κ2) is 5.54. The van der Waals surface area contributed by atoms with Crippen molar-refractivity contribution in [1.29, 1.82) is 0 Å². The third-order valence-corrected chi connectivity index (χ3v) is 2.50. The zero-order valence-corrected chi connectivity index (χ0v) is 9.51. The molecule has 5 heteroatoms. The lowest BCUT2D eigenvalue weighted by atomic mass is 10.1. The van der Waals surface area contributed by atoms with E-state index >= 15 is 0 Å². The summed E-state index contributed by atoms with van der Waals surface area (Å²) >= 11 is 0. The van der Waals surface area contributed by atoms with Crippen LogP contribution in [0.25, 0.3) is 11.3 Å². The largest absolute Gasteiger partial charge is 0.330 e. The predicted octanol–water partition coefficient (Wildman–Crippen LogP) is 1.42. The zero-order chi connectivity index (χ0) is 12.1. The molecule has 2 heterocycles. The first-order valence-electron chi connectivity index (χ1n) is 5.58. The molecule has 0 aliphatic carbocycles. The van der Waals surface area contributed by atoms with Crippen LogP contribution < -0.4 is 5.73 Å². The Kier molecular flexibility index (Phi) is 3.82. The minimum atomic E-state index is -0.420. The number of hydrogen-bond acceptors (Lipinski definition) is 3. The van der Waals surface area contributed by atoms with Gasteiger partial charge >= 0.3 is 0 Å². The smallest absolute Gasteiger partial charge is 0.109 e. The predicted molar refractivity (Wildman–Crippen MR) is 64.2 cm³/mol. The lowest BCUT2D eigenvalue weighted by molar-refractivity contribution is 0.427. The fraction of sp³-hybridized carbons (Fsp3) is 0.333. The number of nitrogens with zero attached hydrogens (tertiary/aromatic N) is 3. The number of alkyl halides is 1. The standard InChI is InChI=1S/C12H15FN4/c13-4-7-17-9-11(3-5-14)12(16-17)10-2-1-6-15-8-10/h1-2,6,8-9H,3-5,7,14H2. The minimum absolute atomic E-state index is 0.276. The van der Waals surface area contributed by atoms with Crippen molar-refractivity contribution in [3.8, 4) is 11.3 Å². The second-order valence-electron chi connectivity index (χ2n) is 3.74. The van der Waals surface area contributed by atoms with Gasteiger partial charge in [-0.25, -0.2) is 4.39 Å². The van der Waals surface area contributed by atoms with Crippen LogP contribution in [0.15, 0.2) is 30.7 Å². The fourth-order valence-corrected chi connectivity index (χ4v) is 1.75. The van der Waals surface area contributed by atoms with E-state index in [0.717, 1.165) is 23.2 Å². The second-order valence-corrected chi connectivity index (χ2v) is 3.74. The molecule has 2 rings (SSSR count). The zero-order valence-electron chi connectivity index (χ0n) is 9.51. The number of nitrogens with two attached hydrogens (primary N) is 1. The highest BCUT2D eigenvalue weighted by molar-refractivity contribution is 5.61. The topological polar surface area (TPSA) is 56.7 Å². The van der Waals surface area contributed by atoms with Gasteiger partial charge in [-0.3, -0.25) is 9.67 Å². The number of halogens is 1. The van der Waals surface area contributed by atoms with Crippen molar-refractivity contribution >= 4 is 0 Å². The maximum Gasteiger partial charge on any atom is 0.109 e. The first kappa shape index (κ1) is 11.7. The van der Waals surface area contributed by atoms with Gasteiger partial charge < -0.3 is 5.73 Å². The summed E-state index contributed by atoms with van der Waals surface area (Å²) in [4.78, 5) is 4.06. The number of hydrogen-bond donors (Lipinski definition) is 1. The van der Waals surface area contributed by atoms with E-state index in [9.17, 15) is 4.39 Å². The lowest BCUT2D eigenvalue weighted by Gasteiger charge is -1.99. The van der Waals surface area contributed by atoms with Crippen molar-refractivity contribution in [1.82, 2.24) is 14.8 Å². The Hall–Kier alpha value is -1.75. The van der Waals surface area contributed by atoms with Crippen LogP contribution in [-0.4, -0.2) is 28.0 Å². The van der Waals surface area contributed by atoms with Crippen LogP contribution in [0, 0.1) is 0 Å². The summed E-state index contributed by atoms with van der Waals surface area (Å²) in [6.45, 7) is 0.405. The number of aryl methyl sites for hydroxylation is 1. The summed E-state index contributed by atoms with van der Waals surface area (Å²) in [6.07, 6.45) is 6.05. The summed E-state index contributed by atoms with van der Waals surface area (Å²) in [5.41, 5.74) is 8.38. The van der Waals surface area contributed by atoms with Gasteiger partial charge in [0, 0.05) is 24.2 Å². The monoisotopic (exact) mass is 234 g/mol. The molecule has 4 nitrogen and oxygen atoms in total. The summed E-state index contributed by atoms with van der Waals surface area (Å²) in [7, 11) is 0. The van der Waals surface area contributed by atoms with Gasteiger partial charge in [-0.05, 0) is 30.7 Å². The van der Waals surface area contributed by atoms with Crippen molar-refractivity contribution in [2.45, 2.75) is 13.0 Å².